The smallest absolute Gasteiger partial charge is 0.341 e. The Morgan fingerprint density at radius 1 is 1.17 bits per heavy atom. The SMILES string of the molecule is CC(=O)N1CCc2ccccc2[C@@H]1CC(=O)NCc1cccc(OCC(=O)O)c1. The van der Waals surface area contributed by atoms with Crippen LogP contribution in [0.5, 0.6) is 5.75 Å². The number of rotatable bonds is 7. The van der Waals surface area contributed by atoms with Crippen LogP contribution in [0, 0.1) is 0 Å². The first-order valence-electron chi connectivity index (χ1n) is 9.49. The molecule has 1 aliphatic heterocycles. The molecule has 1 heterocycles. The molecule has 0 spiro atoms. The number of hydrogen-bond donors (Lipinski definition) is 2. The Balaban J connectivity index is 1.63. The van der Waals surface area contributed by atoms with E-state index in [-0.39, 0.29) is 30.8 Å². The number of carbonyl (C=O) groups is 3. The van der Waals surface area contributed by atoms with Gasteiger partial charge in [0.15, 0.2) is 6.61 Å². The van der Waals surface area contributed by atoms with Gasteiger partial charge < -0.3 is 20.1 Å². The zero-order valence-electron chi connectivity index (χ0n) is 16.3. The number of carboxylic acid groups (broad SMARTS) is 1. The number of aliphatic carboxylic acids is 1. The van der Waals surface area contributed by atoms with Gasteiger partial charge in [-0.1, -0.05) is 36.4 Å². The number of ether oxygens (including phenoxy) is 1. The van der Waals surface area contributed by atoms with Gasteiger partial charge in [0.05, 0.1) is 12.5 Å². The Labute approximate surface area is 169 Å². The summed E-state index contributed by atoms with van der Waals surface area (Å²) < 4.78 is 5.16. The summed E-state index contributed by atoms with van der Waals surface area (Å²) in [6, 6.07) is 14.6. The molecule has 2 N–H and O–H groups in total. The second kappa shape index (κ2) is 9.23. The number of benzene rings is 2. The van der Waals surface area contributed by atoms with E-state index in [2.05, 4.69) is 5.32 Å². The van der Waals surface area contributed by atoms with Crippen molar-refractivity contribution in [2.75, 3.05) is 13.2 Å². The number of fused-ring (bicyclic) bond motifs is 1. The fourth-order valence-corrected chi connectivity index (χ4v) is 3.59. The van der Waals surface area contributed by atoms with Crippen molar-refractivity contribution in [2.24, 2.45) is 0 Å². The summed E-state index contributed by atoms with van der Waals surface area (Å²) >= 11 is 0. The van der Waals surface area contributed by atoms with Crippen LogP contribution in [0.25, 0.3) is 0 Å². The highest BCUT2D eigenvalue weighted by molar-refractivity contribution is 5.79. The van der Waals surface area contributed by atoms with Crippen molar-refractivity contribution >= 4 is 17.8 Å². The molecule has 3 rings (SSSR count). The van der Waals surface area contributed by atoms with E-state index in [1.54, 1.807) is 23.1 Å². The third-order valence-corrected chi connectivity index (χ3v) is 4.95. The molecule has 2 amide bonds. The maximum Gasteiger partial charge on any atom is 0.341 e. The third-order valence-electron chi connectivity index (χ3n) is 4.95. The van der Waals surface area contributed by atoms with E-state index in [1.165, 1.54) is 12.5 Å². The normalized spacial score (nSPS) is 15.3. The highest BCUT2D eigenvalue weighted by Crippen LogP contribution is 2.32. The molecule has 152 valence electrons. The molecule has 1 aliphatic rings. The molecule has 1 atom stereocenters. The number of hydrogen-bond acceptors (Lipinski definition) is 4. The summed E-state index contributed by atoms with van der Waals surface area (Å²) in [5.41, 5.74) is 2.99. The average molecular weight is 396 g/mol. The molecule has 7 heteroatoms. The van der Waals surface area contributed by atoms with Gasteiger partial charge in [-0.3, -0.25) is 9.59 Å². The van der Waals surface area contributed by atoms with Crippen LogP contribution in [-0.2, 0) is 27.3 Å². The van der Waals surface area contributed by atoms with E-state index in [0.29, 0.717) is 12.3 Å². The Bertz CT molecular complexity index is 912. The summed E-state index contributed by atoms with van der Waals surface area (Å²) in [5.74, 6) is -0.815. The minimum absolute atomic E-state index is 0.0411. The molecule has 0 saturated carbocycles. The lowest BCUT2D eigenvalue weighted by atomic mass is 9.90. The molecule has 0 saturated heterocycles. The quantitative estimate of drug-likeness (QED) is 0.749. The Morgan fingerprint density at radius 2 is 1.97 bits per heavy atom. The molecule has 29 heavy (non-hydrogen) atoms. The molecular weight excluding hydrogens is 372 g/mol. The minimum atomic E-state index is -1.05. The number of nitrogens with one attached hydrogen (secondary N) is 1. The minimum Gasteiger partial charge on any atom is -0.482 e. The zero-order valence-corrected chi connectivity index (χ0v) is 16.3. The highest BCUT2D eigenvalue weighted by atomic mass is 16.5. The van der Waals surface area contributed by atoms with E-state index in [0.717, 1.165) is 17.5 Å². The van der Waals surface area contributed by atoms with Gasteiger partial charge in [-0.25, -0.2) is 4.79 Å². The lowest BCUT2D eigenvalue weighted by Crippen LogP contribution is -2.41. The van der Waals surface area contributed by atoms with Gasteiger partial charge in [-0.15, -0.1) is 0 Å². The van der Waals surface area contributed by atoms with Crippen molar-refractivity contribution in [1.29, 1.82) is 0 Å². The molecule has 0 bridgehead atoms. The van der Waals surface area contributed by atoms with Crippen LogP contribution < -0.4 is 10.1 Å². The van der Waals surface area contributed by atoms with E-state index in [1.807, 2.05) is 30.3 Å². The molecule has 0 unspecified atom stereocenters. The summed E-state index contributed by atoms with van der Waals surface area (Å²) in [6.07, 6.45) is 0.975. The molecule has 2 aromatic rings. The van der Waals surface area contributed by atoms with Crippen LogP contribution in [-0.4, -0.2) is 40.9 Å². The van der Waals surface area contributed by atoms with Gasteiger partial charge in [0.1, 0.15) is 5.75 Å². The van der Waals surface area contributed by atoms with Gasteiger partial charge in [-0.2, -0.15) is 0 Å². The van der Waals surface area contributed by atoms with Gasteiger partial charge in [0.2, 0.25) is 11.8 Å². The second-order valence-corrected chi connectivity index (χ2v) is 6.99. The highest BCUT2D eigenvalue weighted by Gasteiger charge is 2.30. The first-order chi connectivity index (χ1) is 13.9. The Kier molecular flexibility index (Phi) is 6.49. The Morgan fingerprint density at radius 3 is 2.72 bits per heavy atom. The van der Waals surface area contributed by atoms with Gasteiger partial charge in [0.25, 0.3) is 0 Å². The first-order valence-corrected chi connectivity index (χ1v) is 9.49. The third kappa shape index (κ3) is 5.34. The first kappa shape index (κ1) is 20.4. The van der Waals surface area contributed by atoms with Gasteiger partial charge in [-0.05, 0) is 35.2 Å². The van der Waals surface area contributed by atoms with Crippen molar-refractivity contribution in [3.8, 4) is 5.75 Å². The number of carboxylic acids is 1. The van der Waals surface area contributed by atoms with E-state index >= 15 is 0 Å². The predicted octanol–water partition coefficient (Wildman–Crippen LogP) is 2.30. The average Bonchev–Trinajstić information content (AvgIpc) is 2.71. The van der Waals surface area contributed by atoms with Crippen LogP contribution in [0.1, 0.15) is 36.1 Å². The van der Waals surface area contributed by atoms with Crippen LogP contribution in [0.4, 0.5) is 0 Å². The number of amides is 2. The van der Waals surface area contributed by atoms with Crippen molar-refractivity contribution in [3.05, 3.63) is 65.2 Å². The molecule has 0 fully saturated rings. The van der Waals surface area contributed by atoms with Crippen molar-refractivity contribution in [3.63, 3.8) is 0 Å². The summed E-state index contributed by atoms with van der Waals surface area (Å²) in [4.78, 5) is 37.0. The van der Waals surface area contributed by atoms with E-state index in [9.17, 15) is 14.4 Å². The monoisotopic (exact) mass is 396 g/mol. The van der Waals surface area contributed by atoms with E-state index in [4.69, 9.17) is 9.84 Å². The maximum atomic E-state index is 12.6. The van der Waals surface area contributed by atoms with Gasteiger partial charge in [0, 0.05) is 20.0 Å². The largest absolute Gasteiger partial charge is 0.482 e. The molecule has 2 aromatic carbocycles. The summed E-state index contributed by atoms with van der Waals surface area (Å²) in [6.45, 7) is 2.00. The summed E-state index contributed by atoms with van der Waals surface area (Å²) in [5, 5.41) is 11.6. The molecule has 0 aliphatic carbocycles. The van der Waals surface area contributed by atoms with Crippen LogP contribution >= 0.6 is 0 Å². The lowest BCUT2D eigenvalue weighted by Gasteiger charge is -2.36. The fraction of sp³-hybridized carbons (Fsp3) is 0.318. The zero-order chi connectivity index (χ0) is 20.8. The molecule has 0 radical (unpaired) electrons. The van der Waals surface area contributed by atoms with Crippen molar-refractivity contribution in [1.82, 2.24) is 10.2 Å². The topological polar surface area (TPSA) is 95.9 Å². The Hall–Kier alpha value is -3.35. The molecule has 7 nitrogen and oxygen atoms in total. The van der Waals surface area contributed by atoms with Crippen molar-refractivity contribution < 1.29 is 24.2 Å². The standard InChI is InChI=1S/C22H24N2O5/c1-15(25)24-10-9-17-6-2-3-8-19(17)20(24)12-21(26)23-13-16-5-4-7-18(11-16)29-14-22(27)28/h2-8,11,20H,9-10,12-14H2,1H3,(H,23,26)(H,27,28)/t20-/m0/s1. The summed E-state index contributed by atoms with van der Waals surface area (Å²) in [7, 11) is 0. The number of nitrogens with zero attached hydrogens (tertiary/aromatic N) is 1. The maximum absolute atomic E-state index is 12.6. The number of carbonyl (C=O) groups excluding carboxylic acids is 2. The molecular formula is C22H24N2O5. The van der Waals surface area contributed by atoms with Crippen LogP contribution in [0.2, 0.25) is 0 Å². The van der Waals surface area contributed by atoms with Crippen LogP contribution in [0.15, 0.2) is 48.5 Å². The van der Waals surface area contributed by atoms with Crippen LogP contribution in [0.3, 0.4) is 0 Å². The van der Waals surface area contributed by atoms with E-state index < -0.39 is 12.6 Å². The fourth-order valence-electron chi connectivity index (χ4n) is 3.59. The van der Waals surface area contributed by atoms with Gasteiger partial charge >= 0.3 is 5.97 Å². The van der Waals surface area contributed by atoms with Crippen molar-refractivity contribution in [2.45, 2.75) is 32.4 Å². The predicted molar refractivity (Wildman–Crippen MR) is 106 cm³/mol. The second-order valence-electron chi connectivity index (χ2n) is 6.99. The molecule has 0 aromatic heterocycles. The lowest BCUT2D eigenvalue weighted by molar-refractivity contribution is -0.139.